The van der Waals surface area contributed by atoms with Crippen LogP contribution in [0.15, 0.2) is 12.3 Å². The molecule has 17 heavy (non-hydrogen) atoms. The van der Waals surface area contributed by atoms with E-state index in [4.69, 9.17) is 0 Å². The summed E-state index contributed by atoms with van der Waals surface area (Å²) in [6, 6.07) is 1.13. The zero-order valence-corrected chi connectivity index (χ0v) is 8.50. The number of nitrogens with zero attached hydrogens (tertiary/aromatic N) is 2. The summed E-state index contributed by atoms with van der Waals surface area (Å²) in [5.74, 6) is -1.86. The van der Waals surface area contributed by atoms with Crippen LogP contribution in [0.3, 0.4) is 0 Å². The molecular weight excluding hydrogens is 239 g/mol. The van der Waals surface area contributed by atoms with Crippen LogP contribution in [0, 0.1) is 0 Å². The van der Waals surface area contributed by atoms with Gasteiger partial charge in [-0.1, -0.05) is 0 Å². The van der Waals surface area contributed by atoms with Gasteiger partial charge in [0.1, 0.15) is 0 Å². The average molecular weight is 245 g/mol. The SMILES string of the molecule is COC(=O)c1cc2nc(C(F)(F)F)[nH]c2cn1. The smallest absolute Gasteiger partial charge is 0.449 e. The summed E-state index contributed by atoms with van der Waals surface area (Å²) >= 11 is 0. The fourth-order valence-corrected chi connectivity index (χ4v) is 1.26. The Morgan fingerprint density at radius 2 is 2.18 bits per heavy atom. The van der Waals surface area contributed by atoms with Crippen molar-refractivity contribution in [3.63, 3.8) is 0 Å². The van der Waals surface area contributed by atoms with Crippen molar-refractivity contribution in [3.05, 3.63) is 23.8 Å². The third kappa shape index (κ3) is 2.05. The number of pyridine rings is 1. The molecule has 1 N–H and O–H groups in total. The summed E-state index contributed by atoms with van der Waals surface area (Å²) in [4.78, 5) is 20.2. The summed E-state index contributed by atoms with van der Waals surface area (Å²) in [6.45, 7) is 0. The van der Waals surface area contributed by atoms with Crippen LogP contribution in [0.5, 0.6) is 0 Å². The van der Waals surface area contributed by atoms with Crippen molar-refractivity contribution in [3.8, 4) is 0 Å². The van der Waals surface area contributed by atoms with Gasteiger partial charge < -0.3 is 9.72 Å². The molecule has 0 aliphatic heterocycles. The van der Waals surface area contributed by atoms with Crippen molar-refractivity contribution in [1.29, 1.82) is 0 Å². The van der Waals surface area contributed by atoms with Crippen LogP contribution in [-0.2, 0) is 10.9 Å². The third-order valence-corrected chi connectivity index (χ3v) is 2.03. The lowest BCUT2D eigenvalue weighted by Gasteiger charge is -1.98. The van der Waals surface area contributed by atoms with Gasteiger partial charge in [0.2, 0.25) is 5.82 Å². The molecule has 0 amide bonds. The van der Waals surface area contributed by atoms with E-state index in [2.05, 4.69) is 19.7 Å². The number of imidazole rings is 1. The highest BCUT2D eigenvalue weighted by atomic mass is 19.4. The second-order valence-electron chi connectivity index (χ2n) is 3.16. The van der Waals surface area contributed by atoms with Gasteiger partial charge in [-0.2, -0.15) is 13.2 Å². The van der Waals surface area contributed by atoms with Crippen LogP contribution in [0.1, 0.15) is 16.3 Å². The standard InChI is InChI=1S/C9H6F3N3O2/c1-17-7(16)5-2-4-6(3-13-5)15-8(14-4)9(10,11)12/h2-3H,1H3,(H,14,15). The molecule has 0 aliphatic rings. The summed E-state index contributed by atoms with van der Waals surface area (Å²) < 4.78 is 41.4. The monoisotopic (exact) mass is 245 g/mol. The number of ether oxygens (including phenoxy) is 1. The first kappa shape index (κ1) is 11.4. The molecule has 90 valence electrons. The number of fused-ring (bicyclic) bond motifs is 1. The van der Waals surface area contributed by atoms with Crippen molar-refractivity contribution in [2.45, 2.75) is 6.18 Å². The number of rotatable bonds is 1. The molecule has 2 heterocycles. The van der Waals surface area contributed by atoms with Crippen LogP contribution < -0.4 is 0 Å². The number of aromatic nitrogens is 3. The molecule has 0 bridgehead atoms. The predicted molar refractivity (Wildman–Crippen MR) is 50.2 cm³/mol. The van der Waals surface area contributed by atoms with Gasteiger partial charge in [0.25, 0.3) is 0 Å². The zero-order valence-electron chi connectivity index (χ0n) is 8.50. The number of hydrogen-bond acceptors (Lipinski definition) is 4. The van der Waals surface area contributed by atoms with Gasteiger partial charge in [-0.15, -0.1) is 0 Å². The number of hydrogen-bond donors (Lipinski definition) is 1. The van der Waals surface area contributed by atoms with E-state index in [-0.39, 0.29) is 16.7 Å². The number of halogens is 3. The number of alkyl halides is 3. The molecule has 0 fully saturated rings. The fourth-order valence-electron chi connectivity index (χ4n) is 1.26. The van der Waals surface area contributed by atoms with E-state index in [0.717, 1.165) is 19.4 Å². The number of nitrogens with one attached hydrogen (secondary N) is 1. The Hall–Kier alpha value is -2.12. The molecule has 0 aromatic carbocycles. The van der Waals surface area contributed by atoms with Crippen molar-refractivity contribution >= 4 is 17.0 Å². The van der Waals surface area contributed by atoms with Crippen LogP contribution in [0.2, 0.25) is 0 Å². The van der Waals surface area contributed by atoms with E-state index in [0.29, 0.717) is 0 Å². The molecule has 0 aliphatic carbocycles. The largest absolute Gasteiger partial charge is 0.464 e. The van der Waals surface area contributed by atoms with Crippen LogP contribution in [0.4, 0.5) is 13.2 Å². The molecule has 0 saturated heterocycles. The molecule has 2 aromatic heterocycles. The van der Waals surface area contributed by atoms with E-state index in [1.54, 1.807) is 0 Å². The Kier molecular flexibility index (Phi) is 2.49. The molecule has 0 saturated carbocycles. The van der Waals surface area contributed by atoms with Gasteiger partial charge in [0, 0.05) is 0 Å². The number of methoxy groups -OCH3 is 1. The van der Waals surface area contributed by atoms with E-state index in [1.807, 2.05) is 0 Å². The lowest BCUT2D eigenvalue weighted by Crippen LogP contribution is -2.06. The highest BCUT2D eigenvalue weighted by Gasteiger charge is 2.34. The maximum Gasteiger partial charge on any atom is 0.449 e. The van der Waals surface area contributed by atoms with Gasteiger partial charge in [-0.05, 0) is 6.07 Å². The molecule has 5 nitrogen and oxygen atoms in total. The number of aromatic amines is 1. The minimum atomic E-state index is -4.57. The second kappa shape index (κ2) is 3.72. The predicted octanol–water partition coefficient (Wildman–Crippen LogP) is 1.76. The van der Waals surface area contributed by atoms with Gasteiger partial charge >= 0.3 is 12.1 Å². The number of H-pyrrole nitrogens is 1. The topological polar surface area (TPSA) is 67.9 Å². The first-order chi connectivity index (χ1) is 7.91. The van der Waals surface area contributed by atoms with E-state index < -0.39 is 18.0 Å². The lowest BCUT2D eigenvalue weighted by molar-refractivity contribution is -0.144. The lowest BCUT2D eigenvalue weighted by atomic mass is 10.3. The van der Waals surface area contributed by atoms with Gasteiger partial charge in [-0.25, -0.2) is 14.8 Å². The van der Waals surface area contributed by atoms with Gasteiger partial charge in [0.15, 0.2) is 5.69 Å². The summed E-state index contributed by atoms with van der Waals surface area (Å²) in [7, 11) is 1.15. The van der Waals surface area contributed by atoms with Crippen molar-refractivity contribution < 1.29 is 22.7 Å². The van der Waals surface area contributed by atoms with Crippen LogP contribution in [-0.4, -0.2) is 28.0 Å². The second-order valence-corrected chi connectivity index (χ2v) is 3.16. The first-order valence-electron chi connectivity index (χ1n) is 4.43. The summed E-state index contributed by atoms with van der Waals surface area (Å²) in [6.07, 6.45) is -3.46. The van der Waals surface area contributed by atoms with Crippen molar-refractivity contribution in [2.24, 2.45) is 0 Å². The quantitative estimate of drug-likeness (QED) is 0.777. The molecular formula is C9H6F3N3O2. The summed E-state index contributed by atoms with van der Waals surface area (Å²) in [5.41, 5.74) is 0.0120. The minimum absolute atomic E-state index is 0.00715. The van der Waals surface area contributed by atoms with E-state index >= 15 is 0 Å². The van der Waals surface area contributed by atoms with Crippen LogP contribution >= 0.6 is 0 Å². The first-order valence-corrected chi connectivity index (χ1v) is 4.43. The molecule has 0 radical (unpaired) electrons. The number of esters is 1. The van der Waals surface area contributed by atoms with Crippen molar-refractivity contribution in [1.82, 2.24) is 15.0 Å². The highest BCUT2D eigenvalue weighted by Crippen LogP contribution is 2.28. The highest BCUT2D eigenvalue weighted by molar-refractivity contribution is 5.91. The van der Waals surface area contributed by atoms with Gasteiger partial charge in [0.05, 0.1) is 24.3 Å². The van der Waals surface area contributed by atoms with E-state index in [1.165, 1.54) is 0 Å². The third-order valence-electron chi connectivity index (χ3n) is 2.03. The Balaban J connectivity index is 2.52. The maximum atomic E-state index is 12.3. The van der Waals surface area contributed by atoms with E-state index in [9.17, 15) is 18.0 Å². The van der Waals surface area contributed by atoms with Gasteiger partial charge in [-0.3, -0.25) is 0 Å². The average Bonchev–Trinajstić information content (AvgIpc) is 2.70. The Bertz CT molecular complexity index is 576. The molecule has 0 atom stereocenters. The molecule has 8 heteroatoms. The minimum Gasteiger partial charge on any atom is -0.464 e. The zero-order chi connectivity index (χ0) is 12.6. The molecule has 0 spiro atoms. The van der Waals surface area contributed by atoms with Crippen LogP contribution in [0.25, 0.3) is 11.0 Å². The Labute approximate surface area is 92.6 Å². The molecule has 2 rings (SSSR count). The molecule has 0 unspecified atom stereocenters. The van der Waals surface area contributed by atoms with Crippen molar-refractivity contribution in [2.75, 3.05) is 7.11 Å². The summed E-state index contributed by atoms with van der Waals surface area (Å²) in [5, 5.41) is 0. The Morgan fingerprint density at radius 1 is 1.47 bits per heavy atom. The Morgan fingerprint density at radius 3 is 2.76 bits per heavy atom. The maximum absolute atomic E-state index is 12.3. The number of carbonyl (C=O) groups excluding carboxylic acids is 1. The fraction of sp³-hybridized carbons (Fsp3) is 0.222. The molecule has 2 aromatic rings. The normalized spacial score (nSPS) is 11.8. The number of carbonyl (C=O) groups is 1.